The SMILES string of the molecule is CC(C)(CC#N)OP(=S)(O[C@@H]1[C@@H]2OC(C(C)(C)C)(C(C)(C)C)OC[C@H]2O[C@H]1n1ccc(NC(=O)c2ccccc2)nc1=O)OC(C)(C)CC#N. The molecule has 2 fully saturated rings. The van der Waals surface area contributed by atoms with Crippen LogP contribution >= 0.6 is 6.72 Å². The second-order valence-electron chi connectivity index (χ2n) is 15.8. The molecule has 15 heteroatoms. The molecule has 0 bridgehead atoms. The molecule has 0 aliphatic carbocycles. The van der Waals surface area contributed by atoms with E-state index >= 15 is 0 Å². The van der Waals surface area contributed by atoms with Gasteiger partial charge in [0, 0.05) is 22.6 Å². The molecule has 1 aromatic heterocycles. The van der Waals surface area contributed by atoms with Gasteiger partial charge in [0.05, 0.1) is 42.8 Å². The molecule has 0 unspecified atom stereocenters. The van der Waals surface area contributed by atoms with Gasteiger partial charge < -0.3 is 28.6 Å². The van der Waals surface area contributed by atoms with Crippen molar-refractivity contribution in [3.8, 4) is 12.1 Å². The molecule has 2 saturated heterocycles. The fourth-order valence-corrected chi connectivity index (χ4v) is 9.87. The minimum atomic E-state index is -3.86. The van der Waals surface area contributed by atoms with Gasteiger partial charge in [-0.25, -0.2) is 4.79 Å². The highest BCUT2D eigenvalue weighted by Crippen LogP contribution is 2.61. The zero-order chi connectivity index (χ0) is 37.3. The lowest BCUT2D eigenvalue weighted by Gasteiger charge is -2.56. The molecule has 4 rings (SSSR count). The summed E-state index contributed by atoms with van der Waals surface area (Å²) in [4.78, 5) is 30.6. The first-order valence-electron chi connectivity index (χ1n) is 16.4. The number of nitrogens with one attached hydrogen (secondary N) is 1. The topological polar surface area (TPSA) is 167 Å². The van der Waals surface area contributed by atoms with Crippen LogP contribution in [0.5, 0.6) is 0 Å². The average Bonchev–Trinajstić information content (AvgIpc) is 3.31. The largest absolute Gasteiger partial charge is 0.351 e. The van der Waals surface area contributed by atoms with Crippen molar-refractivity contribution in [1.29, 1.82) is 10.5 Å². The van der Waals surface area contributed by atoms with Gasteiger partial charge in [-0.1, -0.05) is 59.7 Å². The Balaban J connectivity index is 1.80. The van der Waals surface area contributed by atoms with Crippen molar-refractivity contribution >= 4 is 30.3 Å². The minimum Gasteiger partial charge on any atom is -0.346 e. The number of benzene rings is 1. The van der Waals surface area contributed by atoms with Crippen LogP contribution in [0.4, 0.5) is 5.82 Å². The molecule has 2 aliphatic rings. The number of nitrogens with zero attached hydrogens (tertiary/aromatic N) is 4. The predicted octanol–water partition coefficient (Wildman–Crippen LogP) is 6.62. The highest BCUT2D eigenvalue weighted by molar-refractivity contribution is 8.07. The Morgan fingerprint density at radius 3 is 2.06 bits per heavy atom. The van der Waals surface area contributed by atoms with Crippen molar-refractivity contribution in [1.82, 2.24) is 9.55 Å². The summed E-state index contributed by atoms with van der Waals surface area (Å²) < 4.78 is 40.6. The molecular weight excluding hydrogens is 681 g/mol. The third kappa shape index (κ3) is 8.70. The summed E-state index contributed by atoms with van der Waals surface area (Å²) in [6.07, 6.45) is -2.45. The molecule has 1 amide bonds. The van der Waals surface area contributed by atoms with E-state index in [9.17, 15) is 20.1 Å². The molecule has 2 aliphatic heterocycles. The van der Waals surface area contributed by atoms with Gasteiger partial charge >= 0.3 is 12.4 Å². The van der Waals surface area contributed by atoms with E-state index in [2.05, 4.69) is 22.4 Å². The number of hydrogen-bond donors (Lipinski definition) is 1. The minimum absolute atomic E-state index is 0.0333. The molecule has 13 nitrogen and oxygen atoms in total. The maximum Gasteiger partial charge on any atom is 0.351 e. The first-order valence-corrected chi connectivity index (χ1v) is 19.0. The van der Waals surface area contributed by atoms with E-state index in [1.807, 2.05) is 41.5 Å². The Morgan fingerprint density at radius 2 is 1.56 bits per heavy atom. The fraction of sp³-hybridized carbons (Fsp3) is 0.629. The Labute approximate surface area is 299 Å². The molecule has 272 valence electrons. The van der Waals surface area contributed by atoms with E-state index in [1.54, 1.807) is 58.0 Å². The van der Waals surface area contributed by atoms with Crippen molar-refractivity contribution in [3.05, 3.63) is 58.6 Å². The van der Waals surface area contributed by atoms with Gasteiger partial charge in [-0.3, -0.25) is 13.9 Å². The van der Waals surface area contributed by atoms with Gasteiger partial charge in [0.25, 0.3) is 5.91 Å². The third-order valence-corrected chi connectivity index (χ3v) is 11.0. The molecule has 1 aromatic carbocycles. The lowest BCUT2D eigenvalue weighted by atomic mass is 9.69. The lowest BCUT2D eigenvalue weighted by Crippen LogP contribution is -2.64. The number of aromatic nitrogens is 2. The van der Waals surface area contributed by atoms with E-state index in [-0.39, 0.29) is 25.3 Å². The van der Waals surface area contributed by atoms with E-state index in [0.29, 0.717) is 5.56 Å². The number of nitriles is 2. The average molecular weight is 730 g/mol. The van der Waals surface area contributed by atoms with E-state index in [4.69, 9.17) is 39.6 Å². The van der Waals surface area contributed by atoms with Gasteiger partial charge in [-0.2, -0.15) is 15.5 Å². The van der Waals surface area contributed by atoms with Crippen LogP contribution in [0.3, 0.4) is 0 Å². The highest BCUT2D eigenvalue weighted by Gasteiger charge is 2.63. The normalized spacial score (nSPS) is 22.6. The lowest BCUT2D eigenvalue weighted by molar-refractivity contribution is -0.391. The number of hydrogen-bond acceptors (Lipinski definition) is 12. The summed E-state index contributed by atoms with van der Waals surface area (Å²) >= 11 is 6.04. The van der Waals surface area contributed by atoms with Crippen molar-refractivity contribution in [2.24, 2.45) is 10.8 Å². The van der Waals surface area contributed by atoms with Crippen LogP contribution in [0.2, 0.25) is 0 Å². The monoisotopic (exact) mass is 729 g/mol. The Bertz CT molecular complexity index is 1690. The van der Waals surface area contributed by atoms with E-state index < -0.39 is 70.7 Å². The maximum atomic E-state index is 13.7. The number of anilines is 1. The van der Waals surface area contributed by atoms with Crippen LogP contribution in [-0.2, 0) is 39.6 Å². The smallest absolute Gasteiger partial charge is 0.346 e. The second kappa shape index (κ2) is 14.5. The first-order chi connectivity index (χ1) is 23.1. The van der Waals surface area contributed by atoms with Crippen LogP contribution in [0.1, 0.15) is 98.7 Å². The predicted molar refractivity (Wildman–Crippen MR) is 189 cm³/mol. The highest BCUT2D eigenvalue weighted by atomic mass is 32.5. The van der Waals surface area contributed by atoms with Crippen LogP contribution in [0.25, 0.3) is 0 Å². The summed E-state index contributed by atoms with van der Waals surface area (Å²) in [6, 6.07) is 14.2. The number of rotatable bonds is 11. The van der Waals surface area contributed by atoms with Crippen molar-refractivity contribution in [3.63, 3.8) is 0 Å². The summed E-state index contributed by atoms with van der Waals surface area (Å²) in [5.41, 5.74) is -3.61. The summed E-state index contributed by atoms with van der Waals surface area (Å²) in [5.74, 6) is -1.53. The van der Waals surface area contributed by atoms with Crippen molar-refractivity contribution in [2.45, 2.75) is 124 Å². The fourth-order valence-electron chi connectivity index (χ4n) is 6.37. The molecule has 0 radical (unpaired) electrons. The molecule has 0 saturated carbocycles. The Morgan fingerprint density at radius 1 is 1.00 bits per heavy atom. The number of carbonyl (C=O) groups excluding carboxylic acids is 1. The molecule has 3 heterocycles. The Hall–Kier alpha value is -3.04. The van der Waals surface area contributed by atoms with E-state index in [1.165, 1.54) is 16.8 Å². The number of fused-ring (bicyclic) bond motifs is 1. The van der Waals surface area contributed by atoms with Crippen LogP contribution in [0.15, 0.2) is 47.4 Å². The number of amides is 1. The molecule has 0 spiro atoms. The van der Waals surface area contributed by atoms with Gasteiger partial charge in [0.1, 0.15) is 24.1 Å². The quantitative estimate of drug-likeness (QED) is 0.246. The molecule has 4 atom stereocenters. The number of carbonyl (C=O) groups is 1. The van der Waals surface area contributed by atoms with Gasteiger partial charge in [0.2, 0.25) is 0 Å². The van der Waals surface area contributed by atoms with Gasteiger partial charge in [-0.05, 0) is 57.7 Å². The first kappa shape index (κ1) is 39.7. The molecule has 1 N–H and O–H groups in total. The van der Waals surface area contributed by atoms with Gasteiger partial charge in [0.15, 0.2) is 12.0 Å². The molecule has 2 aromatic rings. The van der Waals surface area contributed by atoms with Crippen molar-refractivity contribution < 1.29 is 32.6 Å². The standard InChI is InChI=1S/C35H48N5O8PS/c1-31(2,3)35(32(4,5)6)43-22-24-26(45-35)27(46-49(50,47-33(7,8)17-19-36)48-34(9,10)18-20-37)29(44-24)40-21-16-25(39-30(40)42)38-28(41)23-14-12-11-13-15-23/h11-16,21,24,26-27,29H,17-18,22H2,1-10H3,(H,38,39,41,42)/t24-,26-,27-,29-/m1/s1. The summed E-state index contributed by atoms with van der Waals surface area (Å²) in [6.45, 7) is 15.1. The number of ether oxygens (including phenoxy) is 3. The molecular formula is C35H48N5O8PS. The van der Waals surface area contributed by atoms with Gasteiger partial charge in [-0.15, -0.1) is 0 Å². The second-order valence-corrected chi connectivity index (χ2v) is 18.6. The van der Waals surface area contributed by atoms with Crippen LogP contribution in [-0.4, -0.2) is 57.4 Å². The zero-order valence-corrected chi connectivity index (χ0v) is 32.1. The summed E-state index contributed by atoms with van der Waals surface area (Å²) in [7, 11) is 0. The zero-order valence-electron chi connectivity index (χ0n) is 30.4. The molecule has 50 heavy (non-hydrogen) atoms. The summed E-state index contributed by atoms with van der Waals surface area (Å²) in [5, 5.41) is 21.7. The van der Waals surface area contributed by atoms with Crippen molar-refractivity contribution in [2.75, 3.05) is 11.9 Å². The van der Waals surface area contributed by atoms with Crippen LogP contribution in [0, 0.1) is 33.5 Å². The maximum absolute atomic E-state index is 13.7. The van der Waals surface area contributed by atoms with Crippen LogP contribution < -0.4 is 11.0 Å². The Kier molecular flexibility index (Phi) is 11.5. The van der Waals surface area contributed by atoms with E-state index in [0.717, 1.165) is 0 Å². The third-order valence-electron chi connectivity index (χ3n) is 8.37.